The molecule has 1 N–H and O–H groups in total. The van der Waals surface area contributed by atoms with Crippen LogP contribution in [0.5, 0.6) is 0 Å². The molecule has 0 aliphatic heterocycles. The fraction of sp³-hybridized carbons (Fsp3) is 0.429. The summed E-state index contributed by atoms with van der Waals surface area (Å²) in [5.41, 5.74) is 1.28. The second-order valence-corrected chi connectivity index (χ2v) is 5.58. The molecular formula is C14H18BrN3O2. The summed E-state index contributed by atoms with van der Waals surface area (Å²) in [4.78, 5) is 18.7. The number of halogens is 1. The topological polar surface area (TPSA) is 57.8 Å². The van der Waals surface area contributed by atoms with Gasteiger partial charge in [0.05, 0.1) is 12.3 Å². The maximum atomic E-state index is 12.1. The average Bonchev–Trinajstić information content (AvgIpc) is 2.40. The third-order valence-corrected chi connectivity index (χ3v) is 3.49. The first-order valence-corrected chi connectivity index (χ1v) is 7.44. The van der Waals surface area contributed by atoms with Crippen LogP contribution in [0.15, 0.2) is 33.7 Å². The molecule has 0 aromatic carbocycles. The Morgan fingerprint density at radius 3 is 2.90 bits per heavy atom. The molecule has 0 spiro atoms. The summed E-state index contributed by atoms with van der Waals surface area (Å²) in [5.74, 6) is 0. The summed E-state index contributed by atoms with van der Waals surface area (Å²) in [6, 6.07) is 5.23. The predicted octanol–water partition coefficient (Wildman–Crippen LogP) is 1.66. The first-order chi connectivity index (χ1) is 9.63. The van der Waals surface area contributed by atoms with Crippen molar-refractivity contribution in [2.75, 3.05) is 19.7 Å². The van der Waals surface area contributed by atoms with E-state index in [4.69, 9.17) is 5.11 Å². The molecule has 2 aromatic rings. The van der Waals surface area contributed by atoms with Gasteiger partial charge in [0, 0.05) is 29.8 Å². The van der Waals surface area contributed by atoms with E-state index in [0.717, 1.165) is 23.1 Å². The number of rotatable bonds is 6. The molecule has 0 atom stereocenters. The zero-order valence-electron chi connectivity index (χ0n) is 11.4. The van der Waals surface area contributed by atoms with Gasteiger partial charge >= 0.3 is 0 Å². The van der Waals surface area contributed by atoms with Gasteiger partial charge in [-0.15, -0.1) is 0 Å². The molecule has 0 amide bonds. The fourth-order valence-corrected chi connectivity index (χ4v) is 2.50. The third kappa shape index (κ3) is 3.65. The van der Waals surface area contributed by atoms with Crippen molar-refractivity contribution in [2.45, 2.75) is 19.9 Å². The maximum absolute atomic E-state index is 12.1. The van der Waals surface area contributed by atoms with Crippen molar-refractivity contribution in [3.63, 3.8) is 0 Å². The highest BCUT2D eigenvalue weighted by molar-refractivity contribution is 9.10. The van der Waals surface area contributed by atoms with Gasteiger partial charge in [-0.25, -0.2) is 4.98 Å². The quantitative estimate of drug-likeness (QED) is 0.869. The molecule has 0 saturated carbocycles. The lowest BCUT2D eigenvalue weighted by Crippen LogP contribution is -2.28. The molecule has 0 saturated heterocycles. The van der Waals surface area contributed by atoms with Crippen LogP contribution in [0.2, 0.25) is 0 Å². The zero-order chi connectivity index (χ0) is 14.5. The molecule has 0 bridgehead atoms. The SMILES string of the molecule is CCCN(CCO)Cc1cc(=O)n2cc(Br)ccc2n1. The van der Waals surface area contributed by atoms with Crippen molar-refractivity contribution in [3.8, 4) is 0 Å². The van der Waals surface area contributed by atoms with Crippen LogP contribution in [0.4, 0.5) is 0 Å². The summed E-state index contributed by atoms with van der Waals surface area (Å²) >= 11 is 3.34. The normalized spacial score (nSPS) is 11.4. The van der Waals surface area contributed by atoms with Gasteiger partial charge in [0.2, 0.25) is 0 Å². The number of aromatic nitrogens is 2. The smallest absolute Gasteiger partial charge is 0.258 e. The Kier molecular flexibility index (Phi) is 5.28. The van der Waals surface area contributed by atoms with E-state index in [1.165, 1.54) is 4.40 Å². The Morgan fingerprint density at radius 2 is 2.20 bits per heavy atom. The van der Waals surface area contributed by atoms with Crippen molar-refractivity contribution in [1.82, 2.24) is 14.3 Å². The summed E-state index contributed by atoms with van der Waals surface area (Å²) in [7, 11) is 0. The van der Waals surface area contributed by atoms with E-state index < -0.39 is 0 Å². The molecule has 0 unspecified atom stereocenters. The molecular weight excluding hydrogens is 322 g/mol. The molecule has 2 rings (SSSR count). The van der Waals surface area contributed by atoms with Gasteiger partial charge in [-0.2, -0.15) is 0 Å². The van der Waals surface area contributed by atoms with Crippen LogP contribution >= 0.6 is 15.9 Å². The Hall–Kier alpha value is -1.24. The van der Waals surface area contributed by atoms with Crippen molar-refractivity contribution in [3.05, 3.63) is 44.9 Å². The Morgan fingerprint density at radius 1 is 1.40 bits per heavy atom. The minimum atomic E-state index is -0.0910. The highest BCUT2D eigenvalue weighted by atomic mass is 79.9. The number of hydrogen-bond acceptors (Lipinski definition) is 4. The van der Waals surface area contributed by atoms with Crippen LogP contribution in [-0.2, 0) is 6.54 Å². The lowest BCUT2D eigenvalue weighted by molar-refractivity contribution is 0.189. The van der Waals surface area contributed by atoms with Crippen LogP contribution in [0.1, 0.15) is 19.0 Å². The fourth-order valence-electron chi connectivity index (χ4n) is 2.16. The minimum Gasteiger partial charge on any atom is -0.395 e. The molecule has 0 aliphatic rings. The Balaban J connectivity index is 2.31. The van der Waals surface area contributed by atoms with Crippen LogP contribution in [0.25, 0.3) is 5.65 Å². The van der Waals surface area contributed by atoms with Gasteiger partial charge in [-0.1, -0.05) is 6.92 Å². The maximum Gasteiger partial charge on any atom is 0.258 e. The van der Waals surface area contributed by atoms with Gasteiger partial charge in [0.15, 0.2) is 0 Å². The number of hydrogen-bond donors (Lipinski definition) is 1. The second-order valence-electron chi connectivity index (χ2n) is 4.66. The molecule has 108 valence electrons. The summed E-state index contributed by atoms with van der Waals surface area (Å²) in [5, 5.41) is 9.07. The van der Waals surface area contributed by atoms with Crippen LogP contribution in [-0.4, -0.2) is 39.1 Å². The minimum absolute atomic E-state index is 0.0910. The number of aliphatic hydroxyl groups excluding tert-OH is 1. The molecule has 2 heterocycles. The van der Waals surface area contributed by atoms with Crippen LogP contribution in [0.3, 0.4) is 0 Å². The van der Waals surface area contributed by atoms with Crippen molar-refractivity contribution in [1.29, 1.82) is 0 Å². The highest BCUT2D eigenvalue weighted by Crippen LogP contribution is 2.10. The molecule has 0 aliphatic carbocycles. The average molecular weight is 340 g/mol. The third-order valence-electron chi connectivity index (χ3n) is 3.02. The lowest BCUT2D eigenvalue weighted by atomic mass is 10.3. The van der Waals surface area contributed by atoms with Crippen molar-refractivity contribution in [2.24, 2.45) is 0 Å². The van der Waals surface area contributed by atoms with E-state index >= 15 is 0 Å². The van der Waals surface area contributed by atoms with Gasteiger partial charge in [-0.05, 0) is 41.0 Å². The van der Waals surface area contributed by atoms with E-state index in [1.807, 2.05) is 12.1 Å². The van der Waals surface area contributed by atoms with E-state index in [9.17, 15) is 4.79 Å². The molecule has 5 nitrogen and oxygen atoms in total. The van der Waals surface area contributed by atoms with Gasteiger partial charge in [0.1, 0.15) is 5.65 Å². The predicted molar refractivity (Wildman–Crippen MR) is 81.8 cm³/mol. The monoisotopic (exact) mass is 339 g/mol. The number of pyridine rings is 1. The second kappa shape index (κ2) is 6.97. The zero-order valence-corrected chi connectivity index (χ0v) is 13.0. The first-order valence-electron chi connectivity index (χ1n) is 6.65. The molecule has 6 heteroatoms. The molecule has 0 radical (unpaired) electrons. The van der Waals surface area contributed by atoms with Crippen LogP contribution in [0, 0.1) is 0 Å². The van der Waals surface area contributed by atoms with Crippen molar-refractivity contribution < 1.29 is 5.11 Å². The molecule has 20 heavy (non-hydrogen) atoms. The van der Waals surface area contributed by atoms with Gasteiger partial charge in [0.25, 0.3) is 5.56 Å². The van der Waals surface area contributed by atoms with E-state index in [1.54, 1.807) is 12.3 Å². The largest absolute Gasteiger partial charge is 0.395 e. The summed E-state index contributed by atoms with van der Waals surface area (Å²) < 4.78 is 2.36. The summed E-state index contributed by atoms with van der Waals surface area (Å²) in [6.07, 6.45) is 2.71. The molecule has 0 fully saturated rings. The van der Waals surface area contributed by atoms with Crippen LogP contribution < -0.4 is 5.56 Å². The van der Waals surface area contributed by atoms with Gasteiger partial charge in [-0.3, -0.25) is 14.1 Å². The highest BCUT2D eigenvalue weighted by Gasteiger charge is 2.08. The Labute approximate surface area is 126 Å². The van der Waals surface area contributed by atoms with Crippen molar-refractivity contribution >= 4 is 21.6 Å². The summed E-state index contributed by atoms with van der Waals surface area (Å²) in [6.45, 7) is 4.25. The number of aliphatic hydroxyl groups is 1. The van der Waals surface area contributed by atoms with E-state index in [-0.39, 0.29) is 12.2 Å². The molecule has 2 aromatic heterocycles. The van der Waals surface area contributed by atoms with Gasteiger partial charge < -0.3 is 5.11 Å². The van der Waals surface area contributed by atoms with E-state index in [2.05, 4.69) is 32.7 Å². The Bertz CT molecular complexity index is 636. The van der Waals surface area contributed by atoms with E-state index in [0.29, 0.717) is 18.7 Å². The number of nitrogens with zero attached hydrogens (tertiary/aromatic N) is 3. The lowest BCUT2D eigenvalue weighted by Gasteiger charge is -2.20. The first kappa shape index (κ1) is 15.2. The number of fused-ring (bicyclic) bond motifs is 1. The standard InChI is InChI=1S/C14H18BrN3O2/c1-2-5-17(6-7-19)10-12-8-14(20)18-9-11(15)3-4-13(18)16-12/h3-4,8-9,19H,2,5-7,10H2,1H3.